The fraction of sp³-hybridized carbons (Fsp3) is 0.417. The van der Waals surface area contributed by atoms with Crippen LogP contribution in [0.2, 0.25) is 0 Å². The van der Waals surface area contributed by atoms with Gasteiger partial charge >= 0.3 is 6.36 Å². The topological polar surface area (TPSA) is 79.9 Å². The summed E-state index contributed by atoms with van der Waals surface area (Å²) in [6.45, 7) is 4.13. The van der Waals surface area contributed by atoms with Crippen molar-refractivity contribution >= 4 is 17.5 Å². The van der Waals surface area contributed by atoms with E-state index in [0.29, 0.717) is 38.5 Å². The Morgan fingerprint density at radius 1 is 1.06 bits per heavy atom. The second-order valence-corrected chi connectivity index (χ2v) is 8.02. The van der Waals surface area contributed by atoms with E-state index in [4.69, 9.17) is 4.74 Å². The van der Waals surface area contributed by atoms with Crippen LogP contribution in [0.25, 0.3) is 0 Å². The fourth-order valence-electron chi connectivity index (χ4n) is 3.60. The molecule has 184 valence electrons. The maximum Gasteiger partial charge on any atom is 0.573 e. The van der Waals surface area contributed by atoms with E-state index in [9.17, 15) is 22.8 Å². The minimum atomic E-state index is -4.74. The van der Waals surface area contributed by atoms with Gasteiger partial charge in [0.1, 0.15) is 5.75 Å². The van der Waals surface area contributed by atoms with E-state index >= 15 is 0 Å². The second-order valence-electron chi connectivity index (χ2n) is 8.02. The fourth-order valence-corrected chi connectivity index (χ4v) is 3.60. The number of morpholine rings is 1. The summed E-state index contributed by atoms with van der Waals surface area (Å²) in [4.78, 5) is 27.6. The molecule has 10 heteroatoms. The monoisotopic (exact) mass is 479 g/mol. The summed E-state index contributed by atoms with van der Waals surface area (Å²) >= 11 is 0. The minimum absolute atomic E-state index is 0.0522. The van der Waals surface area contributed by atoms with Crippen molar-refractivity contribution in [1.29, 1.82) is 0 Å². The lowest BCUT2D eigenvalue weighted by Crippen LogP contribution is -2.44. The van der Waals surface area contributed by atoms with Crippen LogP contribution in [0.3, 0.4) is 0 Å². The van der Waals surface area contributed by atoms with Crippen molar-refractivity contribution in [3.8, 4) is 5.75 Å². The number of anilines is 1. The zero-order valence-electron chi connectivity index (χ0n) is 18.8. The van der Waals surface area contributed by atoms with Crippen LogP contribution in [-0.2, 0) is 14.3 Å². The van der Waals surface area contributed by atoms with Crippen molar-refractivity contribution in [2.75, 3.05) is 38.2 Å². The second kappa shape index (κ2) is 11.7. The number of halogens is 3. The molecule has 2 atom stereocenters. The lowest BCUT2D eigenvalue weighted by Gasteiger charge is -2.29. The van der Waals surface area contributed by atoms with Gasteiger partial charge in [-0.1, -0.05) is 30.3 Å². The van der Waals surface area contributed by atoms with Crippen LogP contribution < -0.4 is 15.4 Å². The SMILES string of the molecule is CC(CNc1ccc(OC(F)(F)F)cc1)NC(=O)C(CC(=O)N1CCOCC1)c1ccccc1. The summed E-state index contributed by atoms with van der Waals surface area (Å²) < 4.78 is 46.0. The van der Waals surface area contributed by atoms with Gasteiger partial charge in [-0.05, 0) is 36.8 Å². The first kappa shape index (κ1) is 25.4. The molecule has 2 aromatic rings. The van der Waals surface area contributed by atoms with E-state index in [0.717, 1.165) is 5.56 Å². The third kappa shape index (κ3) is 7.95. The van der Waals surface area contributed by atoms with Crippen LogP contribution in [-0.4, -0.2) is 62.0 Å². The van der Waals surface area contributed by atoms with Gasteiger partial charge in [0, 0.05) is 37.8 Å². The van der Waals surface area contributed by atoms with Crippen molar-refractivity contribution in [3.63, 3.8) is 0 Å². The predicted octanol–water partition coefficient (Wildman–Crippen LogP) is 3.53. The highest BCUT2D eigenvalue weighted by Gasteiger charge is 2.31. The van der Waals surface area contributed by atoms with Crippen molar-refractivity contribution in [2.45, 2.75) is 31.7 Å². The van der Waals surface area contributed by atoms with E-state index in [1.165, 1.54) is 24.3 Å². The van der Waals surface area contributed by atoms with Crippen LogP contribution in [0, 0.1) is 0 Å². The number of rotatable bonds is 9. The molecule has 0 spiro atoms. The molecule has 3 rings (SSSR count). The number of amides is 2. The quantitative estimate of drug-likeness (QED) is 0.575. The molecule has 2 N–H and O–H groups in total. The van der Waals surface area contributed by atoms with Crippen LogP contribution in [0.5, 0.6) is 5.75 Å². The number of hydrogen-bond acceptors (Lipinski definition) is 5. The van der Waals surface area contributed by atoms with Gasteiger partial charge in [-0.3, -0.25) is 9.59 Å². The Balaban J connectivity index is 1.56. The van der Waals surface area contributed by atoms with Crippen molar-refractivity contribution in [3.05, 3.63) is 60.2 Å². The Kier molecular flexibility index (Phi) is 8.75. The van der Waals surface area contributed by atoms with Crippen molar-refractivity contribution in [1.82, 2.24) is 10.2 Å². The molecule has 1 saturated heterocycles. The van der Waals surface area contributed by atoms with Gasteiger partial charge in [-0.2, -0.15) is 0 Å². The number of alkyl halides is 3. The molecule has 0 bridgehead atoms. The predicted molar refractivity (Wildman–Crippen MR) is 120 cm³/mol. The molecule has 0 saturated carbocycles. The highest BCUT2D eigenvalue weighted by Crippen LogP contribution is 2.24. The van der Waals surface area contributed by atoms with Gasteiger partial charge < -0.3 is 25.0 Å². The van der Waals surface area contributed by atoms with Gasteiger partial charge in [0.25, 0.3) is 0 Å². The van der Waals surface area contributed by atoms with Crippen LogP contribution in [0.15, 0.2) is 54.6 Å². The molecule has 0 aromatic heterocycles. The highest BCUT2D eigenvalue weighted by molar-refractivity contribution is 5.90. The zero-order chi connectivity index (χ0) is 24.6. The Morgan fingerprint density at radius 2 is 1.71 bits per heavy atom. The number of hydrogen-bond donors (Lipinski definition) is 2. The van der Waals surface area contributed by atoms with Gasteiger partial charge in [0.05, 0.1) is 19.1 Å². The Morgan fingerprint density at radius 3 is 2.32 bits per heavy atom. The number of carbonyl (C=O) groups excluding carboxylic acids is 2. The van der Waals surface area contributed by atoms with Crippen LogP contribution >= 0.6 is 0 Å². The molecule has 0 radical (unpaired) electrons. The van der Waals surface area contributed by atoms with Gasteiger partial charge in [0.2, 0.25) is 11.8 Å². The number of carbonyl (C=O) groups is 2. The molecular formula is C24H28F3N3O4. The molecule has 1 aliphatic heterocycles. The first-order valence-electron chi connectivity index (χ1n) is 11.0. The highest BCUT2D eigenvalue weighted by atomic mass is 19.4. The molecule has 2 amide bonds. The Hall–Kier alpha value is -3.27. The third-order valence-corrected chi connectivity index (χ3v) is 5.35. The Bertz CT molecular complexity index is 933. The normalized spacial score (nSPS) is 15.8. The Labute approximate surface area is 196 Å². The zero-order valence-corrected chi connectivity index (χ0v) is 18.8. The van der Waals surface area contributed by atoms with Crippen LogP contribution in [0.4, 0.5) is 18.9 Å². The standard InChI is InChI=1S/C24H28F3N3O4/c1-17(16-28-19-7-9-20(10-8-19)34-24(25,26)27)29-23(32)21(18-5-3-2-4-6-18)15-22(31)30-11-13-33-14-12-30/h2-10,17,21,28H,11-16H2,1H3,(H,29,32). The maximum absolute atomic E-state index is 13.1. The largest absolute Gasteiger partial charge is 0.573 e. The molecule has 1 heterocycles. The van der Waals surface area contributed by atoms with Gasteiger partial charge in [-0.25, -0.2) is 0 Å². The lowest BCUT2D eigenvalue weighted by molar-refractivity contribution is -0.274. The molecule has 2 unspecified atom stereocenters. The van der Waals surface area contributed by atoms with Crippen molar-refractivity contribution < 1.29 is 32.2 Å². The van der Waals surface area contributed by atoms with E-state index in [-0.39, 0.29) is 30.0 Å². The first-order chi connectivity index (χ1) is 16.2. The first-order valence-corrected chi connectivity index (χ1v) is 11.0. The summed E-state index contributed by atoms with van der Waals surface area (Å²) in [6, 6.07) is 14.2. The summed E-state index contributed by atoms with van der Waals surface area (Å²) in [5.74, 6) is -1.32. The van der Waals surface area contributed by atoms with Crippen LogP contribution in [0.1, 0.15) is 24.8 Å². The number of nitrogens with one attached hydrogen (secondary N) is 2. The molecule has 7 nitrogen and oxygen atoms in total. The van der Waals surface area contributed by atoms with E-state index < -0.39 is 12.3 Å². The van der Waals surface area contributed by atoms with Gasteiger partial charge in [0.15, 0.2) is 0 Å². The molecule has 2 aromatic carbocycles. The van der Waals surface area contributed by atoms with Crippen molar-refractivity contribution in [2.24, 2.45) is 0 Å². The van der Waals surface area contributed by atoms with Gasteiger partial charge in [-0.15, -0.1) is 13.2 Å². The summed E-state index contributed by atoms with van der Waals surface area (Å²) in [5.41, 5.74) is 1.33. The molecule has 1 aliphatic rings. The average Bonchev–Trinajstić information content (AvgIpc) is 2.82. The summed E-state index contributed by atoms with van der Waals surface area (Å²) in [5, 5.41) is 6.00. The van der Waals surface area contributed by atoms with E-state index in [2.05, 4.69) is 15.4 Å². The minimum Gasteiger partial charge on any atom is -0.406 e. The summed E-state index contributed by atoms with van der Waals surface area (Å²) in [6.07, 6.45) is -4.69. The van der Waals surface area contributed by atoms with E-state index in [1.54, 1.807) is 11.8 Å². The summed E-state index contributed by atoms with van der Waals surface area (Å²) in [7, 11) is 0. The molecular weight excluding hydrogens is 451 g/mol. The third-order valence-electron chi connectivity index (χ3n) is 5.35. The number of benzene rings is 2. The molecule has 34 heavy (non-hydrogen) atoms. The smallest absolute Gasteiger partial charge is 0.406 e. The number of nitrogens with zero attached hydrogens (tertiary/aromatic N) is 1. The average molecular weight is 479 g/mol. The number of ether oxygens (including phenoxy) is 2. The lowest BCUT2D eigenvalue weighted by atomic mass is 9.93. The maximum atomic E-state index is 13.1. The molecule has 0 aliphatic carbocycles. The molecule has 1 fully saturated rings. The van der Waals surface area contributed by atoms with E-state index in [1.807, 2.05) is 30.3 Å².